The second kappa shape index (κ2) is 7.01. The van der Waals surface area contributed by atoms with Crippen LogP contribution in [0.3, 0.4) is 0 Å². The molecular weight excluding hydrogens is 396 g/mol. The number of rotatable bonds is 5. The van der Waals surface area contributed by atoms with Crippen molar-refractivity contribution < 1.29 is 18.1 Å². The van der Waals surface area contributed by atoms with Crippen LogP contribution in [0.15, 0.2) is 52.2 Å². The number of nitro benzene ring substituents is 1. The molecule has 0 atom stereocenters. The number of benzene rings is 2. The van der Waals surface area contributed by atoms with E-state index in [1.54, 1.807) is 12.1 Å². The van der Waals surface area contributed by atoms with E-state index in [0.717, 1.165) is 6.07 Å². The van der Waals surface area contributed by atoms with Crippen molar-refractivity contribution in [2.75, 3.05) is 7.11 Å². The van der Waals surface area contributed by atoms with Crippen molar-refractivity contribution in [3.8, 4) is 5.75 Å². The van der Waals surface area contributed by atoms with Crippen LogP contribution in [0.2, 0.25) is 5.02 Å². The Labute approximate surface area is 158 Å². The SMILES string of the molecule is COc1ccc(CS(=O)(=O)c2cc3ccc(Cl)cc3[nH]c2=O)cc1[N+](=O)[O-]. The van der Waals surface area contributed by atoms with Gasteiger partial charge in [-0.05, 0) is 35.2 Å². The normalized spacial score (nSPS) is 11.5. The zero-order valence-electron chi connectivity index (χ0n) is 13.9. The van der Waals surface area contributed by atoms with E-state index in [1.807, 2.05) is 0 Å². The summed E-state index contributed by atoms with van der Waals surface area (Å²) in [6.07, 6.45) is 0. The summed E-state index contributed by atoms with van der Waals surface area (Å²) in [5, 5.41) is 12.0. The summed E-state index contributed by atoms with van der Waals surface area (Å²) in [5.41, 5.74) is -0.565. The third kappa shape index (κ3) is 3.79. The van der Waals surface area contributed by atoms with Gasteiger partial charge < -0.3 is 9.72 Å². The molecule has 140 valence electrons. The lowest BCUT2D eigenvalue weighted by Gasteiger charge is -2.07. The molecule has 0 aliphatic carbocycles. The highest BCUT2D eigenvalue weighted by Crippen LogP contribution is 2.29. The van der Waals surface area contributed by atoms with Crippen molar-refractivity contribution >= 4 is 38.0 Å². The molecule has 0 aliphatic heterocycles. The number of nitrogens with one attached hydrogen (secondary N) is 1. The maximum Gasteiger partial charge on any atom is 0.311 e. The Morgan fingerprint density at radius 3 is 2.59 bits per heavy atom. The van der Waals surface area contributed by atoms with Crippen molar-refractivity contribution in [1.29, 1.82) is 0 Å². The monoisotopic (exact) mass is 408 g/mol. The lowest BCUT2D eigenvalue weighted by Crippen LogP contribution is -2.19. The van der Waals surface area contributed by atoms with Crippen LogP contribution in [0, 0.1) is 10.1 Å². The number of halogens is 1. The summed E-state index contributed by atoms with van der Waals surface area (Å²) in [7, 11) is -2.77. The second-order valence-corrected chi connectivity index (χ2v) is 8.11. The van der Waals surface area contributed by atoms with Crippen molar-refractivity contribution in [3.63, 3.8) is 0 Å². The minimum atomic E-state index is -4.05. The average molecular weight is 409 g/mol. The number of fused-ring (bicyclic) bond motifs is 1. The van der Waals surface area contributed by atoms with Crippen LogP contribution in [0.25, 0.3) is 10.9 Å². The van der Waals surface area contributed by atoms with Gasteiger partial charge >= 0.3 is 5.69 Å². The fraction of sp³-hybridized carbons (Fsp3) is 0.118. The van der Waals surface area contributed by atoms with Crippen LogP contribution >= 0.6 is 11.6 Å². The number of ether oxygens (including phenoxy) is 1. The summed E-state index contributed by atoms with van der Waals surface area (Å²) in [4.78, 5) is 24.8. The molecule has 1 N–H and O–H groups in total. The van der Waals surface area contributed by atoms with Gasteiger partial charge in [0.15, 0.2) is 15.6 Å². The maximum absolute atomic E-state index is 12.7. The van der Waals surface area contributed by atoms with Crippen molar-refractivity contribution in [2.24, 2.45) is 0 Å². The molecule has 1 heterocycles. The molecular formula is C17H13ClN2O6S. The third-order valence-electron chi connectivity index (χ3n) is 3.91. The van der Waals surface area contributed by atoms with Crippen LogP contribution in [0.1, 0.15) is 5.56 Å². The number of sulfone groups is 1. The van der Waals surface area contributed by atoms with E-state index in [1.165, 1.54) is 31.4 Å². The molecule has 8 nitrogen and oxygen atoms in total. The van der Waals surface area contributed by atoms with Crippen molar-refractivity contribution in [3.05, 3.63) is 73.5 Å². The smallest absolute Gasteiger partial charge is 0.311 e. The van der Waals surface area contributed by atoms with Gasteiger partial charge in [-0.15, -0.1) is 0 Å². The number of H-pyrrole nitrogens is 1. The predicted octanol–water partition coefficient (Wildman–Crippen LogP) is 3.07. The summed E-state index contributed by atoms with van der Waals surface area (Å²) in [6.45, 7) is 0. The molecule has 0 fully saturated rings. The molecule has 0 bridgehead atoms. The van der Waals surface area contributed by atoms with Crippen molar-refractivity contribution in [2.45, 2.75) is 10.6 Å². The van der Waals surface area contributed by atoms with Gasteiger partial charge in [-0.25, -0.2) is 8.42 Å². The molecule has 0 unspecified atom stereocenters. The minimum absolute atomic E-state index is 0.0154. The Bertz CT molecular complexity index is 1220. The highest BCUT2D eigenvalue weighted by atomic mass is 35.5. The van der Waals surface area contributed by atoms with Gasteiger partial charge in [0, 0.05) is 16.6 Å². The number of nitrogens with zero attached hydrogens (tertiary/aromatic N) is 1. The standard InChI is InChI=1S/C17H13ClN2O6S/c1-26-15-5-2-10(6-14(15)20(22)23)9-27(24,25)16-7-11-3-4-12(18)8-13(11)19-17(16)21/h2-8H,9H2,1H3,(H,19,21). The first-order valence-corrected chi connectivity index (χ1v) is 9.61. The predicted molar refractivity (Wildman–Crippen MR) is 100 cm³/mol. The van der Waals surface area contributed by atoms with Gasteiger partial charge in [0.05, 0.1) is 17.8 Å². The fourth-order valence-electron chi connectivity index (χ4n) is 2.65. The second-order valence-electron chi connectivity index (χ2n) is 5.72. The first-order chi connectivity index (χ1) is 12.7. The van der Waals surface area contributed by atoms with Gasteiger partial charge in [-0.3, -0.25) is 14.9 Å². The molecule has 3 rings (SSSR count). The zero-order valence-corrected chi connectivity index (χ0v) is 15.5. The van der Waals surface area contributed by atoms with Crippen LogP contribution in [0.4, 0.5) is 5.69 Å². The average Bonchev–Trinajstić information content (AvgIpc) is 2.60. The van der Waals surface area contributed by atoms with Gasteiger partial charge in [-0.1, -0.05) is 23.7 Å². The molecule has 0 saturated heterocycles. The Balaban J connectivity index is 2.05. The number of hydrogen-bond acceptors (Lipinski definition) is 6. The van der Waals surface area contributed by atoms with Crippen LogP contribution < -0.4 is 10.3 Å². The van der Waals surface area contributed by atoms with E-state index in [0.29, 0.717) is 15.9 Å². The Kier molecular flexibility index (Phi) is 4.90. The number of aromatic amines is 1. The summed E-state index contributed by atoms with van der Waals surface area (Å²) in [5.74, 6) is -0.554. The lowest BCUT2D eigenvalue weighted by molar-refractivity contribution is -0.385. The van der Waals surface area contributed by atoms with E-state index >= 15 is 0 Å². The van der Waals surface area contributed by atoms with Gasteiger partial charge in [0.25, 0.3) is 5.56 Å². The van der Waals surface area contributed by atoms with E-state index in [4.69, 9.17) is 16.3 Å². The summed E-state index contributed by atoms with van der Waals surface area (Å²) < 4.78 is 30.3. The summed E-state index contributed by atoms with van der Waals surface area (Å²) in [6, 6.07) is 9.77. The minimum Gasteiger partial charge on any atom is -0.490 e. The topological polar surface area (TPSA) is 119 Å². The zero-order chi connectivity index (χ0) is 19.8. The van der Waals surface area contributed by atoms with Crippen LogP contribution in [0.5, 0.6) is 5.75 Å². The first-order valence-electron chi connectivity index (χ1n) is 7.58. The first kappa shape index (κ1) is 18.9. The number of methoxy groups -OCH3 is 1. The number of pyridine rings is 1. The Hall–Kier alpha value is -2.91. The van der Waals surface area contributed by atoms with Gasteiger partial charge in [0.2, 0.25) is 0 Å². The Morgan fingerprint density at radius 2 is 1.93 bits per heavy atom. The molecule has 0 radical (unpaired) electrons. The summed E-state index contributed by atoms with van der Waals surface area (Å²) >= 11 is 5.87. The molecule has 0 saturated carbocycles. The molecule has 27 heavy (non-hydrogen) atoms. The van der Waals surface area contributed by atoms with Gasteiger partial charge in [-0.2, -0.15) is 0 Å². The molecule has 10 heteroatoms. The van der Waals surface area contributed by atoms with Gasteiger partial charge in [0.1, 0.15) is 4.90 Å². The third-order valence-corrected chi connectivity index (χ3v) is 5.83. The molecule has 0 aliphatic rings. The maximum atomic E-state index is 12.7. The van der Waals surface area contributed by atoms with Crippen LogP contribution in [-0.2, 0) is 15.6 Å². The fourth-order valence-corrected chi connectivity index (χ4v) is 4.24. The molecule has 0 amide bonds. The van der Waals surface area contributed by atoms with Crippen LogP contribution in [-0.4, -0.2) is 25.4 Å². The molecule has 1 aromatic heterocycles. The molecule has 2 aromatic carbocycles. The van der Waals surface area contributed by atoms with E-state index in [-0.39, 0.29) is 17.0 Å². The Morgan fingerprint density at radius 1 is 1.19 bits per heavy atom. The van der Waals surface area contributed by atoms with Crippen molar-refractivity contribution in [1.82, 2.24) is 4.98 Å². The quantitative estimate of drug-likeness (QED) is 0.511. The number of nitro groups is 1. The van der Waals surface area contributed by atoms with E-state index in [2.05, 4.69) is 4.98 Å². The number of hydrogen-bond donors (Lipinski definition) is 1. The molecule has 3 aromatic rings. The highest BCUT2D eigenvalue weighted by Gasteiger charge is 2.23. The highest BCUT2D eigenvalue weighted by molar-refractivity contribution is 7.90. The number of aromatic nitrogens is 1. The largest absolute Gasteiger partial charge is 0.490 e. The molecule has 0 spiro atoms. The van der Waals surface area contributed by atoms with E-state index in [9.17, 15) is 23.3 Å². The van der Waals surface area contributed by atoms with E-state index < -0.39 is 31.0 Å². The lowest BCUT2D eigenvalue weighted by atomic mass is 10.2.